The van der Waals surface area contributed by atoms with Crippen molar-refractivity contribution in [2.45, 2.75) is 12.5 Å². The Morgan fingerprint density at radius 1 is 1.40 bits per heavy atom. The van der Waals surface area contributed by atoms with Crippen LogP contribution in [0.4, 0.5) is 0 Å². The summed E-state index contributed by atoms with van der Waals surface area (Å²) >= 11 is 0. The van der Waals surface area contributed by atoms with E-state index in [9.17, 15) is 4.79 Å². The maximum atomic E-state index is 11.4. The second-order valence-corrected chi connectivity index (χ2v) is 4.12. The molecule has 0 atom stereocenters. The number of hydrogen-bond acceptors (Lipinski definition) is 3. The average molecular weight is 207 g/mol. The number of rotatable bonds is 2. The van der Waals surface area contributed by atoms with Crippen molar-refractivity contribution in [3.05, 3.63) is 0 Å². The van der Waals surface area contributed by atoms with Crippen molar-refractivity contribution in [2.24, 2.45) is 0 Å². The zero-order valence-electron chi connectivity index (χ0n) is 8.91. The van der Waals surface area contributed by atoms with E-state index < -0.39 is 0 Å². The summed E-state index contributed by atoms with van der Waals surface area (Å²) in [6.07, 6.45) is 5.35. The van der Waals surface area contributed by atoms with Gasteiger partial charge in [-0.15, -0.1) is 6.42 Å². The number of nitrogens with one attached hydrogen (secondary N) is 1. The number of carbonyl (C=O) groups excluding carboxylic acids is 1. The van der Waals surface area contributed by atoms with Gasteiger partial charge in [0.1, 0.15) is 0 Å². The van der Waals surface area contributed by atoms with E-state index in [0.29, 0.717) is 6.04 Å². The average Bonchev–Trinajstić information content (AvgIpc) is 2.17. The molecule has 4 nitrogen and oxygen atoms in total. The van der Waals surface area contributed by atoms with Crippen LogP contribution >= 0.6 is 0 Å². The van der Waals surface area contributed by atoms with Crippen molar-refractivity contribution in [1.29, 1.82) is 0 Å². The monoisotopic (exact) mass is 207 g/mol. The molecule has 0 radical (unpaired) electrons. The number of terminal acetylenes is 1. The van der Waals surface area contributed by atoms with E-state index in [2.05, 4.69) is 16.1 Å². The van der Waals surface area contributed by atoms with Crippen LogP contribution in [0.2, 0.25) is 0 Å². The van der Waals surface area contributed by atoms with E-state index in [0.717, 1.165) is 39.3 Å². The van der Waals surface area contributed by atoms with Crippen molar-refractivity contribution >= 4 is 5.91 Å². The van der Waals surface area contributed by atoms with E-state index in [1.54, 1.807) is 0 Å². The summed E-state index contributed by atoms with van der Waals surface area (Å²) in [4.78, 5) is 15.7. The molecule has 0 aromatic rings. The van der Waals surface area contributed by atoms with Crippen LogP contribution in [0.3, 0.4) is 0 Å². The number of piperazine rings is 1. The summed E-state index contributed by atoms with van der Waals surface area (Å²) in [6.45, 7) is 6.05. The van der Waals surface area contributed by atoms with E-state index in [-0.39, 0.29) is 12.3 Å². The van der Waals surface area contributed by atoms with Crippen molar-refractivity contribution in [2.75, 3.05) is 39.3 Å². The van der Waals surface area contributed by atoms with Gasteiger partial charge in [0.2, 0.25) is 5.91 Å². The van der Waals surface area contributed by atoms with Gasteiger partial charge in [0.05, 0.1) is 6.42 Å². The Kier molecular flexibility index (Phi) is 3.24. The second kappa shape index (κ2) is 4.65. The molecule has 2 aliphatic rings. The summed E-state index contributed by atoms with van der Waals surface area (Å²) in [5.74, 6) is 2.50. The first-order chi connectivity index (χ1) is 7.31. The zero-order chi connectivity index (χ0) is 10.7. The van der Waals surface area contributed by atoms with Crippen LogP contribution in [0, 0.1) is 12.3 Å². The van der Waals surface area contributed by atoms with E-state index in [1.165, 1.54) is 0 Å². The first kappa shape index (κ1) is 10.5. The minimum Gasteiger partial charge on any atom is -0.339 e. The Morgan fingerprint density at radius 2 is 2.07 bits per heavy atom. The standard InChI is InChI=1S/C11H17N3O/c1-2-3-11(15)14-8-10(9-14)13-6-4-12-5-7-13/h1,10,12H,3-9H2. The normalized spacial score (nSPS) is 23.3. The molecule has 0 aliphatic carbocycles. The van der Waals surface area contributed by atoms with Crippen LogP contribution in [0.1, 0.15) is 6.42 Å². The Labute approximate surface area is 90.6 Å². The maximum absolute atomic E-state index is 11.4. The fraction of sp³-hybridized carbons (Fsp3) is 0.727. The first-order valence-corrected chi connectivity index (χ1v) is 5.47. The molecular weight excluding hydrogens is 190 g/mol. The minimum absolute atomic E-state index is 0.101. The van der Waals surface area contributed by atoms with Gasteiger partial charge < -0.3 is 10.2 Å². The van der Waals surface area contributed by atoms with Gasteiger partial charge in [-0.1, -0.05) is 5.92 Å². The third-order valence-electron chi connectivity index (χ3n) is 3.14. The summed E-state index contributed by atoms with van der Waals surface area (Å²) < 4.78 is 0. The molecule has 1 N–H and O–H groups in total. The lowest BCUT2D eigenvalue weighted by molar-refractivity contribution is -0.137. The van der Waals surface area contributed by atoms with Crippen LogP contribution < -0.4 is 5.32 Å². The first-order valence-electron chi connectivity index (χ1n) is 5.47. The molecule has 2 fully saturated rings. The molecule has 2 rings (SSSR count). The second-order valence-electron chi connectivity index (χ2n) is 4.12. The number of carbonyl (C=O) groups is 1. The highest BCUT2D eigenvalue weighted by atomic mass is 16.2. The molecule has 1 amide bonds. The van der Waals surface area contributed by atoms with Gasteiger partial charge in [0.25, 0.3) is 0 Å². The minimum atomic E-state index is 0.101. The fourth-order valence-electron chi connectivity index (χ4n) is 2.14. The summed E-state index contributed by atoms with van der Waals surface area (Å²) in [5.41, 5.74) is 0. The molecule has 0 spiro atoms. The summed E-state index contributed by atoms with van der Waals surface area (Å²) in [5, 5.41) is 3.32. The molecule has 0 saturated carbocycles. The van der Waals surface area contributed by atoms with Gasteiger partial charge >= 0.3 is 0 Å². The maximum Gasteiger partial charge on any atom is 0.234 e. The molecule has 0 bridgehead atoms. The topological polar surface area (TPSA) is 35.6 Å². The lowest BCUT2D eigenvalue weighted by Crippen LogP contribution is -2.63. The smallest absolute Gasteiger partial charge is 0.234 e. The Hall–Kier alpha value is -1.05. The molecule has 0 unspecified atom stereocenters. The fourth-order valence-corrected chi connectivity index (χ4v) is 2.14. The number of likely N-dealkylation sites (tertiary alicyclic amines) is 1. The van der Waals surface area contributed by atoms with Crippen molar-refractivity contribution in [3.8, 4) is 12.3 Å². The van der Waals surface area contributed by atoms with Crippen molar-refractivity contribution in [3.63, 3.8) is 0 Å². The largest absolute Gasteiger partial charge is 0.339 e. The number of hydrogen-bond donors (Lipinski definition) is 1. The molecule has 2 saturated heterocycles. The molecule has 0 aromatic carbocycles. The predicted molar refractivity (Wildman–Crippen MR) is 58.3 cm³/mol. The highest BCUT2D eigenvalue weighted by Gasteiger charge is 2.34. The third-order valence-corrected chi connectivity index (χ3v) is 3.14. The molecular formula is C11H17N3O. The van der Waals surface area contributed by atoms with Crippen LogP contribution in [-0.2, 0) is 4.79 Å². The highest BCUT2D eigenvalue weighted by molar-refractivity contribution is 5.79. The van der Waals surface area contributed by atoms with Gasteiger partial charge in [-0.25, -0.2) is 0 Å². The Morgan fingerprint density at radius 3 is 2.67 bits per heavy atom. The highest BCUT2D eigenvalue weighted by Crippen LogP contribution is 2.16. The Bertz CT molecular complexity index is 272. The lowest BCUT2D eigenvalue weighted by atomic mass is 10.1. The van der Waals surface area contributed by atoms with Crippen molar-refractivity contribution < 1.29 is 4.79 Å². The van der Waals surface area contributed by atoms with E-state index in [4.69, 9.17) is 6.42 Å². The molecule has 2 aliphatic heterocycles. The molecule has 4 heteroatoms. The van der Waals surface area contributed by atoms with Crippen molar-refractivity contribution in [1.82, 2.24) is 15.1 Å². The number of amides is 1. The van der Waals surface area contributed by atoms with Crippen LogP contribution in [0.15, 0.2) is 0 Å². The summed E-state index contributed by atoms with van der Waals surface area (Å²) in [6, 6.07) is 0.564. The van der Waals surface area contributed by atoms with Crippen LogP contribution in [0.5, 0.6) is 0 Å². The molecule has 2 heterocycles. The quantitative estimate of drug-likeness (QED) is 0.598. The van der Waals surface area contributed by atoms with Gasteiger partial charge in [0, 0.05) is 45.3 Å². The predicted octanol–water partition coefficient (Wildman–Crippen LogP) is -0.874. The van der Waals surface area contributed by atoms with E-state index >= 15 is 0 Å². The summed E-state index contributed by atoms with van der Waals surface area (Å²) in [7, 11) is 0. The van der Waals surface area contributed by atoms with Gasteiger partial charge in [-0.2, -0.15) is 0 Å². The van der Waals surface area contributed by atoms with Gasteiger partial charge in [-0.05, 0) is 0 Å². The van der Waals surface area contributed by atoms with Crippen LogP contribution in [-0.4, -0.2) is 61.0 Å². The van der Waals surface area contributed by atoms with E-state index in [1.807, 2.05) is 4.90 Å². The molecule has 82 valence electrons. The van der Waals surface area contributed by atoms with Crippen LogP contribution in [0.25, 0.3) is 0 Å². The number of nitrogens with zero attached hydrogens (tertiary/aromatic N) is 2. The zero-order valence-corrected chi connectivity index (χ0v) is 8.91. The molecule has 0 aromatic heterocycles. The van der Waals surface area contributed by atoms with Gasteiger partial charge in [-0.3, -0.25) is 9.69 Å². The third kappa shape index (κ3) is 2.31. The Balaban J connectivity index is 1.73. The molecule has 15 heavy (non-hydrogen) atoms. The SMILES string of the molecule is C#CCC(=O)N1CC(N2CCNCC2)C1. The van der Waals surface area contributed by atoms with Gasteiger partial charge in [0.15, 0.2) is 0 Å². The lowest BCUT2D eigenvalue weighted by Gasteiger charge is -2.46.